The van der Waals surface area contributed by atoms with E-state index in [4.69, 9.17) is 11.5 Å². The van der Waals surface area contributed by atoms with E-state index >= 15 is 0 Å². The van der Waals surface area contributed by atoms with Crippen LogP contribution < -0.4 is 11.5 Å². The van der Waals surface area contributed by atoms with Gasteiger partial charge in [-0.25, -0.2) is 18.2 Å². The molecule has 0 unspecified atom stereocenters. The number of benzene rings is 1. The van der Waals surface area contributed by atoms with Gasteiger partial charge in [-0.2, -0.15) is 0 Å². The Morgan fingerprint density at radius 1 is 1.10 bits per heavy atom. The van der Waals surface area contributed by atoms with E-state index in [0.717, 1.165) is 6.07 Å². The lowest BCUT2D eigenvalue weighted by atomic mass is 10.0. The third kappa shape index (κ3) is 2.11. The number of pyridine rings is 1. The van der Waals surface area contributed by atoms with Gasteiger partial charge in [0, 0.05) is 29.8 Å². The number of H-pyrrole nitrogens is 1. The first-order valence-electron chi connectivity index (χ1n) is 6.12. The number of nitrogens with one attached hydrogen (secondary N) is 1. The molecule has 0 aliphatic heterocycles. The van der Waals surface area contributed by atoms with Crippen LogP contribution >= 0.6 is 0 Å². The third-order valence-corrected chi connectivity index (χ3v) is 3.26. The number of nitrogens with zero attached hydrogens (tertiary/aromatic N) is 1. The van der Waals surface area contributed by atoms with Crippen LogP contribution in [0.1, 0.15) is 5.56 Å². The summed E-state index contributed by atoms with van der Waals surface area (Å²) in [6.07, 6.45) is 1.46. The van der Waals surface area contributed by atoms with E-state index in [1.807, 2.05) is 0 Å². The normalized spacial score (nSPS) is 11.2. The van der Waals surface area contributed by atoms with Gasteiger partial charge in [-0.15, -0.1) is 0 Å². The van der Waals surface area contributed by atoms with Crippen LogP contribution in [0.15, 0.2) is 24.4 Å². The maximum atomic E-state index is 13.7. The molecule has 21 heavy (non-hydrogen) atoms. The molecule has 0 radical (unpaired) electrons. The molecule has 3 aromatic rings. The molecule has 7 heteroatoms. The Morgan fingerprint density at radius 3 is 2.57 bits per heavy atom. The van der Waals surface area contributed by atoms with Crippen LogP contribution in [-0.2, 0) is 6.54 Å². The number of nitrogen functional groups attached to an aromatic ring is 1. The van der Waals surface area contributed by atoms with E-state index < -0.39 is 17.5 Å². The highest BCUT2D eigenvalue weighted by atomic mass is 19.1. The second-order valence-electron chi connectivity index (χ2n) is 4.58. The lowest BCUT2D eigenvalue weighted by Gasteiger charge is -2.08. The van der Waals surface area contributed by atoms with Gasteiger partial charge < -0.3 is 16.5 Å². The van der Waals surface area contributed by atoms with Crippen molar-refractivity contribution in [3.8, 4) is 11.3 Å². The molecule has 4 nitrogen and oxygen atoms in total. The topological polar surface area (TPSA) is 80.7 Å². The molecule has 3 rings (SSSR count). The van der Waals surface area contributed by atoms with Crippen molar-refractivity contribution in [1.29, 1.82) is 0 Å². The highest BCUT2D eigenvalue weighted by molar-refractivity contribution is 5.95. The lowest BCUT2D eigenvalue weighted by Crippen LogP contribution is -2.05. The fraction of sp³-hybridized carbons (Fsp3) is 0.0714. The predicted molar refractivity (Wildman–Crippen MR) is 73.7 cm³/mol. The van der Waals surface area contributed by atoms with E-state index in [0.29, 0.717) is 22.2 Å². The first kappa shape index (κ1) is 13.4. The molecule has 2 aromatic heterocycles. The zero-order chi connectivity index (χ0) is 15.1. The van der Waals surface area contributed by atoms with Crippen LogP contribution in [0.4, 0.5) is 19.0 Å². The number of nitrogens with two attached hydrogens (primary N) is 2. The molecule has 0 spiro atoms. The van der Waals surface area contributed by atoms with Crippen LogP contribution in [0.25, 0.3) is 22.2 Å². The second kappa shape index (κ2) is 4.78. The molecule has 0 aliphatic carbocycles. The van der Waals surface area contributed by atoms with Crippen LogP contribution in [0.3, 0.4) is 0 Å². The van der Waals surface area contributed by atoms with Crippen molar-refractivity contribution in [3.63, 3.8) is 0 Å². The quantitative estimate of drug-likeness (QED) is 0.679. The number of halogens is 3. The molecule has 0 saturated carbocycles. The van der Waals surface area contributed by atoms with Crippen molar-refractivity contribution in [2.45, 2.75) is 6.54 Å². The van der Waals surface area contributed by atoms with Gasteiger partial charge in [-0.3, -0.25) is 0 Å². The van der Waals surface area contributed by atoms with Crippen LogP contribution in [0.2, 0.25) is 0 Å². The summed E-state index contributed by atoms with van der Waals surface area (Å²) in [5.41, 5.74) is 12.3. The molecule has 5 N–H and O–H groups in total. The van der Waals surface area contributed by atoms with Crippen molar-refractivity contribution < 1.29 is 13.2 Å². The Bertz CT molecular complexity index is 842. The number of anilines is 1. The standard InChI is InChI=1S/C14H11F3N4/c15-7-2-8-9(5-20-13(8)10(16)3-7)12-6(4-18)1-11(17)14(19)21-12/h1-3,5,20H,4,18H2,(H2,19,21). The molecule has 0 aliphatic rings. The van der Waals surface area contributed by atoms with E-state index in [9.17, 15) is 13.2 Å². The van der Waals surface area contributed by atoms with Crippen molar-refractivity contribution >= 4 is 16.7 Å². The summed E-state index contributed by atoms with van der Waals surface area (Å²) in [4.78, 5) is 6.66. The van der Waals surface area contributed by atoms with Crippen molar-refractivity contribution in [3.05, 3.63) is 47.4 Å². The van der Waals surface area contributed by atoms with E-state index in [1.165, 1.54) is 18.3 Å². The first-order chi connectivity index (χ1) is 10.0. The van der Waals surface area contributed by atoms with Crippen LogP contribution in [0.5, 0.6) is 0 Å². The number of hydrogen-bond donors (Lipinski definition) is 3. The van der Waals surface area contributed by atoms with Gasteiger partial charge in [0.2, 0.25) is 0 Å². The van der Waals surface area contributed by atoms with E-state index in [1.54, 1.807) is 0 Å². The Hall–Kier alpha value is -2.54. The summed E-state index contributed by atoms with van der Waals surface area (Å²) < 4.78 is 40.6. The summed E-state index contributed by atoms with van der Waals surface area (Å²) in [5.74, 6) is -2.42. The van der Waals surface area contributed by atoms with Crippen LogP contribution in [-0.4, -0.2) is 9.97 Å². The van der Waals surface area contributed by atoms with Gasteiger partial charge in [0.05, 0.1) is 11.2 Å². The Balaban J connectivity index is 2.33. The third-order valence-electron chi connectivity index (χ3n) is 3.26. The average Bonchev–Trinajstić information content (AvgIpc) is 2.85. The Labute approximate surface area is 117 Å². The molecule has 0 saturated heterocycles. The minimum Gasteiger partial charge on any atom is -0.381 e. The Kier molecular flexibility index (Phi) is 3.06. The average molecular weight is 292 g/mol. The molecular weight excluding hydrogens is 281 g/mol. The highest BCUT2D eigenvalue weighted by Gasteiger charge is 2.17. The Morgan fingerprint density at radius 2 is 1.86 bits per heavy atom. The molecule has 0 bridgehead atoms. The van der Waals surface area contributed by atoms with Crippen molar-refractivity contribution in [2.24, 2.45) is 5.73 Å². The molecule has 108 valence electrons. The molecule has 2 heterocycles. The highest BCUT2D eigenvalue weighted by Crippen LogP contribution is 2.32. The van der Waals surface area contributed by atoms with E-state index in [-0.39, 0.29) is 17.9 Å². The molecule has 0 amide bonds. The maximum absolute atomic E-state index is 13.7. The zero-order valence-corrected chi connectivity index (χ0v) is 10.8. The number of fused-ring (bicyclic) bond motifs is 1. The number of aromatic amines is 1. The van der Waals surface area contributed by atoms with Gasteiger partial charge in [0.15, 0.2) is 11.6 Å². The monoisotopic (exact) mass is 292 g/mol. The van der Waals surface area contributed by atoms with E-state index in [2.05, 4.69) is 9.97 Å². The molecule has 0 fully saturated rings. The predicted octanol–water partition coefficient (Wildman–Crippen LogP) is 2.69. The van der Waals surface area contributed by atoms with Gasteiger partial charge >= 0.3 is 0 Å². The fourth-order valence-corrected chi connectivity index (χ4v) is 2.28. The second-order valence-corrected chi connectivity index (χ2v) is 4.58. The SMILES string of the molecule is NCc1cc(F)c(N)nc1-c1c[nH]c2c(F)cc(F)cc12. The first-order valence-corrected chi connectivity index (χ1v) is 6.12. The smallest absolute Gasteiger partial charge is 0.165 e. The van der Waals surface area contributed by atoms with Crippen molar-refractivity contribution in [2.75, 3.05) is 5.73 Å². The minimum atomic E-state index is -0.722. The van der Waals surface area contributed by atoms with Gasteiger partial charge in [0.25, 0.3) is 0 Å². The number of aromatic nitrogens is 2. The molecular formula is C14H11F3N4. The van der Waals surface area contributed by atoms with Gasteiger partial charge in [-0.05, 0) is 17.7 Å². The maximum Gasteiger partial charge on any atom is 0.165 e. The molecule has 1 aromatic carbocycles. The summed E-state index contributed by atoms with van der Waals surface area (Å²) in [6.45, 7) is 0.0179. The zero-order valence-electron chi connectivity index (χ0n) is 10.8. The van der Waals surface area contributed by atoms with Gasteiger partial charge in [-0.1, -0.05) is 0 Å². The van der Waals surface area contributed by atoms with Gasteiger partial charge in [0.1, 0.15) is 11.6 Å². The number of rotatable bonds is 2. The summed E-state index contributed by atoms with van der Waals surface area (Å²) in [6, 6.07) is 3.12. The van der Waals surface area contributed by atoms with Crippen LogP contribution in [0, 0.1) is 17.5 Å². The lowest BCUT2D eigenvalue weighted by molar-refractivity contribution is 0.591. The summed E-state index contributed by atoms with van der Waals surface area (Å²) in [7, 11) is 0. The summed E-state index contributed by atoms with van der Waals surface area (Å²) >= 11 is 0. The number of hydrogen-bond acceptors (Lipinski definition) is 3. The largest absolute Gasteiger partial charge is 0.381 e. The van der Waals surface area contributed by atoms with Crippen molar-refractivity contribution in [1.82, 2.24) is 9.97 Å². The fourth-order valence-electron chi connectivity index (χ4n) is 2.28. The summed E-state index contributed by atoms with van der Waals surface area (Å²) in [5, 5.41) is 0.292. The minimum absolute atomic E-state index is 0.0179. The molecule has 0 atom stereocenters.